The van der Waals surface area contributed by atoms with E-state index in [0.717, 1.165) is 29.4 Å². The quantitative estimate of drug-likeness (QED) is 0.758. The summed E-state index contributed by atoms with van der Waals surface area (Å²) < 4.78 is 46.1. The fourth-order valence-electron chi connectivity index (χ4n) is 3.73. The Morgan fingerprint density at radius 1 is 1.31 bits per heavy atom. The van der Waals surface area contributed by atoms with Crippen molar-refractivity contribution in [2.45, 2.75) is 37.5 Å². The molecule has 1 aromatic carbocycles. The molecule has 1 unspecified atom stereocenters. The molecule has 1 N–H and O–H groups in total. The van der Waals surface area contributed by atoms with Gasteiger partial charge in [0.1, 0.15) is 16.4 Å². The van der Waals surface area contributed by atoms with Crippen molar-refractivity contribution in [3.63, 3.8) is 0 Å². The highest BCUT2D eigenvalue weighted by atomic mass is 32.2. The molecule has 1 aliphatic heterocycles. The van der Waals surface area contributed by atoms with Crippen LogP contribution in [0.3, 0.4) is 0 Å². The lowest BCUT2D eigenvalue weighted by molar-refractivity contribution is 0.312. The van der Waals surface area contributed by atoms with Gasteiger partial charge in [0.25, 0.3) is 0 Å². The summed E-state index contributed by atoms with van der Waals surface area (Å²) >= 11 is 0. The Hall–Kier alpha value is -2.19. The smallest absolute Gasteiger partial charge is 0.248 e. The second-order valence-electron chi connectivity index (χ2n) is 6.81. The maximum atomic E-state index is 13.4. The van der Waals surface area contributed by atoms with E-state index in [-0.39, 0.29) is 16.6 Å². The maximum absolute atomic E-state index is 13.4. The second-order valence-corrected chi connectivity index (χ2v) is 8.69. The van der Waals surface area contributed by atoms with E-state index in [9.17, 15) is 12.8 Å². The molecule has 0 spiro atoms. The van der Waals surface area contributed by atoms with Crippen LogP contribution in [0.4, 0.5) is 4.39 Å². The molecule has 6 nitrogen and oxygen atoms in total. The van der Waals surface area contributed by atoms with E-state index >= 15 is 0 Å². The number of nitrogens with zero attached hydrogens (tertiary/aromatic N) is 2. The number of H-pyrrole nitrogens is 1. The summed E-state index contributed by atoms with van der Waals surface area (Å²) in [6, 6.07) is 6.51. The standard InChI is InChI=1S/C18H20FN3O3S/c1-11-18(12(2)25-21-11)26(23,24)22-7-3-4-13(10-22)17-9-14-8-15(19)5-6-16(14)20-17/h5-6,8-9,13,20H,3-4,7,10H2,1-2H3. The lowest BCUT2D eigenvalue weighted by Crippen LogP contribution is -2.39. The topological polar surface area (TPSA) is 79.2 Å². The maximum Gasteiger partial charge on any atom is 0.248 e. The van der Waals surface area contributed by atoms with Gasteiger partial charge in [0.2, 0.25) is 10.0 Å². The fraction of sp³-hybridized carbons (Fsp3) is 0.389. The van der Waals surface area contributed by atoms with Crippen molar-refractivity contribution < 1.29 is 17.3 Å². The van der Waals surface area contributed by atoms with E-state index in [4.69, 9.17) is 4.52 Å². The third-order valence-electron chi connectivity index (χ3n) is 4.99. The van der Waals surface area contributed by atoms with Gasteiger partial charge in [-0.05, 0) is 51.0 Å². The molecule has 1 atom stereocenters. The predicted octanol–water partition coefficient (Wildman–Crippen LogP) is 3.48. The highest BCUT2D eigenvalue weighted by Crippen LogP contribution is 2.33. The molecule has 3 aromatic rings. The van der Waals surface area contributed by atoms with Crippen LogP contribution < -0.4 is 0 Å². The molecule has 3 heterocycles. The van der Waals surface area contributed by atoms with Crippen molar-refractivity contribution in [3.05, 3.63) is 47.2 Å². The summed E-state index contributed by atoms with van der Waals surface area (Å²) in [5, 5.41) is 4.57. The first-order chi connectivity index (χ1) is 12.4. The molecular formula is C18H20FN3O3S. The Morgan fingerprint density at radius 3 is 2.85 bits per heavy atom. The van der Waals surface area contributed by atoms with E-state index in [2.05, 4.69) is 10.1 Å². The fourth-order valence-corrected chi connectivity index (χ4v) is 5.55. The number of aromatic amines is 1. The molecule has 0 radical (unpaired) electrons. The number of sulfonamides is 1. The van der Waals surface area contributed by atoms with Gasteiger partial charge < -0.3 is 9.51 Å². The van der Waals surface area contributed by atoms with Crippen LogP contribution in [0.5, 0.6) is 0 Å². The van der Waals surface area contributed by atoms with Crippen LogP contribution in [0, 0.1) is 19.7 Å². The number of halogens is 1. The van der Waals surface area contributed by atoms with E-state index in [0.29, 0.717) is 24.5 Å². The van der Waals surface area contributed by atoms with Gasteiger partial charge in [0.05, 0.1) is 0 Å². The third kappa shape index (κ3) is 2.83. The molecule has 0 bridgehead atoms. The summed E-state index contributed by atoms with van der Waals surface area (Å²) in [4.78, 5) is 3.47. The number of fused-ring (bicyclic) bond motifs is 1. The van der Waals surface area contributed by atoms with Crippen LogP contribution in [0.25, 0.3) is 10.9 Å². The van der Waals surface area contributed by atoms with Crippen LogP contribution in [-0.4, -0.2) is 36.0 Å². The van der Waals surface area contributed by atoms with Gasteiger partial charge in [-0.15, -0.1) is 0 Å². The first-order valence-corrected chi connectivity index (χ1v) is 10.0. The SMILES string of the molecule is Cc1noc(C)c1S(=O)(=O)N1CCCC(c2cc3cc(F)ccc3[nH]2)C1. The van der Waals surface area contributed by atoms with Crippen molar-refractivity contribution in [3.8, 4) is 0 Å². The molecule has 2 aromatic heterocycles. The van der Waals surface area contributed by atoms with Gasteiger partial charge in [-0.1, -0.05) is 5.16 Å². The average Bonchev–Trinajstić information content (AvgIpc) is 3.18. The largest absolute Gasteiger partial charge is 0.360 e. The summed E-state index contributed by atoms with van der Waals surface area (Å²) in [6.07, 6.45) is 1.64. The van der Waals surface area contributed by atoms with Crippen LogP contribution in [0.2, 0.25) is 0 Å². The molecule has 4 rings (SSSR count). The summed E-state index contributed by atoms with van der Waals surface area (Å²) in [5.41, 5.74) is 2.17. The van der Waals surface area contributed by atoms with Gasteiger partial charge in [0.15, 0.2) is 5.76 Å². The Bertz CT molecular complexity index is 1050. The monoisotopic (exact) mass is 377 g/mol. The highest BCUT2D eigenvalue weighted by molar-refractivity contribution is 7.89. The van der Waals surface area contributed by atoms with Crippen LogP contribution in [0.15, 0.2) is 33.7 Å². The Kier molecular flexibility index (Phi) is 4.11. The number of aryl methyl sites for hydroxylation is 2. The van der Waals surface area contributed by atoms with Crippen molar-refractivity contribution >= 4 is 20.9 Å². The zero-order valence-electron chi connectivity index (χ0n) is 14.6. The molecule has 0 amide bonds. The van der Waals surface area contributed by atoms with E-state index in [1.54, 1.807) is 19.9 Å². The number of piperidine rings is 1. The van der Waals surface area contributed by atoms with Crippen molar-refractivity contribution in [2.75, 3.05) is 13.1 Å². The van der Waals surface area contributed by atoms with Crippen molar-refractivity contribution in [1.29, 1.82) is 0 Å². The minimum absolute atomic E-state index is 0.0365. The molecule has 138 valence electrons. The molecule has 8 heteroatoms. The lowest BCUT2D eigenvalue weighted by Gasteiger charge is -2.31. The normalized spacial score (nSPS) is 19.3. The summed E-state index contributed by atoms with van der Waals surface area (Å²) in [5.74, 6) is 0.0643. The molecule has 1 fully saturated rings. The Balaban J connectivity index is 1.64. The van der Waals surface area contributed by atoms with Gasteiger partial charge in [0, 0.05) is 35.6 Å². The number of hydrogen-bond acceptors (Lipinski definition) is 4. The van der Waals surface area contributed by atoms with Crippen molar-refractivity contribution in [2.24, 2.45) is 0 Å². The summed E-state index contributed by atoms with van der Waals surface area (Å²) in [6.45, 7) is 4.09. The Labute approximate surface area is 151 Å². The van der Waals surface area contributed by atoms with Crippen LogP contribution >= 0.6 is 0 Å². The first kappa shape index (κ1) is 17.2. The number of hydrogen-bond donors (Lipinski definition) is 1. The van der Waals surface area contributed by atoms with E-state index in [1.165, 1.54) is 16.4 Å². The van der Waals surface area contributed by atoms with Crippen molar-refractivity contribution in [1.82, 2.24) is 14.4 Å². The second kappa shape index (κ2) is 6.21. The first-order valence-electron chi connectivity index (χ1n) is 8.57. The molecule has 1 aliphatic rings. The Morgan fingerprint density at radius 2 is 2.12 bits per heavy atom. The van der Waals surface area contributed by atoms with Gasteiger partial charge >= 0.3 is 0 Å². The molecule has 1 saturated heterocycles. The molecular weight excluding hydrogens is 357 g/mol. The van der Waals surface area contributed by atoms with E-state index in [1.807, 2.05) is 6.07 Å². The van der Waals surface area contributed by atoms with E-state index < -0.39 is 10.0 Å². The van der Waals surface area contributed by atoms with Crippen LogP contribution in [-0.2, 0) is 10.0 Å². The lowest BCUT2D eigenvalue weighted by atomic mass is 9.96. The number of benzene rings is 1. The molecule has 0 aliphatic carbocycles. The zero-order chi connectivity index (χ0) is 18.5. The number of nitrogens with one attached hydrogen (secondary N) is 1. The average molecular weight is 377 g/mol. The minimum atomic E-state index is -3.65. The third-order valence-corrected chi connectivity index (χ3v) is 7.10. The minimum Gasteiger partial charge on any atom is -0.360 e. The predicted molar refractivity (Wildman–Crippen MR) is 95.0 cm³/mol. The van der Waals surface area contributed by atoms with Gasteiger partial charge in [-0.2, -0.15) is 4.31 Å². The van der Waals surface area contributed by atoms with Gasteiger partial charge in [-0.25, -0.2) is 12.8 Å². The van der Waals surface area contributed by atoms with Crippen LogP contribution in [0.1, 0.15) is 35.9 Å². The van der Waals surface area contributed by atoms with Gasteiger partial charge in [-0.3, -0.25) is 0 Å². The highest BCUT2D eigenvalue weighted by Gasteiger charge is 2.35. The number of aromatic nitrogens is 2. The molecule has 0 saturated carbocycles. The molecule has 26 heavy (non-hydrogen) atoms. The number of rotatable bonds is 3. The summed E-state index contributed by atoms with van der Waals surface area (Å²) in [7, 11) is -3.65. The zero-order valence-corrected chi connectivity index (χ0v) is 15.4.